The minimum atomic E-state index is -0.285. The van der Waals surface area contributed by atoms with E-state index in [4.69, 9.17) is 0 Å². The molecule has 2 amide bonds. The quantitative estimate of drug-likeness (QED) is 0.911. The van der Waals surface area contributed by atoms with Crippen molar-refractivity contribution >= 4 is 44.3 Å². The van der Waals surface area contributed by atoms with Crippen LogP contribution >= 0.6 is 23.1 Å². The van der Waals surface area contributed by atoms with E-state index < -0.39 is 0 Å². The Hall–Kier alpha value is -1.37. The zero-order valence-electron chi connectivity index (χ0n) is 10.9. The third-order valence-corrected chi connectivity index (χ3v) is 5.27. The Morgan fingerprint density at radius 3 is 2.85 bits per heavy atom. The number of hydrogen-bond donors (Lipinski definition) is 2. The lowest BCUT2D eigenvalue weighted by Gasteiger charge is -2.00. The van der Waals surface area contributed by atoms with Gasteiger partial charge in [-0.1, -0.05) is 23.9 Å². The molecule has 3 rings (SSSR count). The summed E-state index contributed by atoms with van der Waals surface area (Å²) in [6.45, 7) is 0.846. The minimum absolute atomic E-state index is 0.173. The van der Waals surface area contributed by atoms with Crippen LogP contribution in [0.25, 0.3) is 10.1 Å². The van der Waals surface area contributed by atoms with Crippen LogP contribution in [0.3, 0.4) is 0 Å². The van der Waals surface area contributed by atoms with Crippen molar-refractivity contribution in [2.45, 2.75) is 18.2 Å². The molecule has 6 heteroatoms. The second kappa shape index (κ2) is 5.55. The maximum absolute atomic E-state index is 11.6. The van der Waals surface area contributed by atoms with Crippen LogP contribution in [0.1, 0.15) is 10.4 Å². The predicted molar refractivity (Wildman–Crippen MR) is 83.2 cm³/mol. The summed E-state index contributed by atoms with van der Waals surface area (Å²) >= 11 is 2.78. The third kappa shape index (κ3) is 2.72. The Morgan fingerprint density at radius 1 is 1.30 bits per heavy atom. The molecule has 4 nitrogen and oxygen atoms in total. The second-order valence-corrected chi connectivity index (χ2v) is 7.05. The van der Waals surface area contributed by atoms with Crippen LogP contribution in [-0.2, 0) is 17.8 Å². The van der Waals surface area contributed by atoms with Gasteiger partial charge in [0.2, 0.25) is 5.91 Å². The summed E-state index contributed by atoms with van der Waals surface area (Å²) in [5.74, 6) is -0.173. The Balaban J connectivity index is 1.82. The number of amides is 2. The van der Waals surface area contributed by atoms with Gasteiger partial charge in [-0.2, -0.15) is 0 Å². The SMILES string of the molecule is CNCc1ccc2cc(CC3SC(=O)NC3=O)sc2c1. The maximum Gasteiger partial charge on any atom is 0.286 e. The number of fused-ring (bicyclic) bond motifs is 1. The number of carbonyl (C=O) groups excluding carboxylic acids is 2. The van der Waals surface area contributed by atoms with Gasteiger partial charge in [0, 0.05) is 22.5 Å². The highest BCUT2D eigenvalue weighted by Crippen LogP contribution is 2.31. The summed E-state index contributed by atoms with van der Waals surface area (Å²) < 4.78 is 1.22. The van der Waals surface area contributed by atoms with Crippen molar-refractivity contribution in [3.8, 4) is 0 Å². The lowest BCUT2D eigenvalue weighted by atomic mass is 10.1. The molecule has 0 bridgehead atoms. The van der Waals surface area contributed by atoms with E-state index in [1.807, 2.05) is 7.05 Å². The van der Waals surface area contributed by atoms with E-state index in [1.54, 1.807) is 11.3 Å². The van der Waals surface area contributed by atoms with Gasteiger partial charge in [-0.05, 0) is 30.1 Å². The predicted octanol–water partition coefficient (Wildman–Crippen LogP) is 2.51. The monoisotopic (exact) mass is 306 g/mol. The number of nitrogens with one attached hydrogen (secondary N) is 2. The topological polar surface area (TPSA) is 58.2 Å². The molecule has 2 N–H and O–H groups in total. The van der Waals surface area contributed by atoms with Crippen LogP contribution in [0.15, 0.2) is 24.3 Å². The van der Waals surface area contributed by atoms with E-state index in [9.17, 15) is 9.59 Å². The van der Waals surface area contributed by atoms with Crippen molar-refractivity contribution in [3.63, 3.8) is 0 Å². The zero-order valence-corrected chi connectivity index (χ0v) is 12.6. The molecule has 1 aromatic heterocycles. The molecule has 0 spiro atoms. The largest absolute Gasteiger partial charge is 0.316 e. The summed E-state index contributed by atoms with van der Waals surface area (Å²) in [6, 6.07) is 8.50. The number of hydrogen-bond acceptors (Lipinski definition) is 5. The fourth-order valence-corrected chi connectivity index (χ4v) is 4.38. The van der Waals surface area contributed by atoms with Crippen molar-refractivity contribution in [2.75, 3.05) is 7.05 Å². The van der Waals surface area contributed by atoms with Gasteiger partial charge in [-0.25, -0.2) is 0 Å². The average molecular weight is 306 g/mol. The van der Waals surface area contributed by atoms with Crippen molar-refractivity contribution < 1.29 is 9.59 Å². The average Bonchev–Trinajstić information content (AvgIpc) is 2.93. The molecule has 1 saturated heterocycles. The first kappa shape index (κ1) is 13.6. The van der Waals surface area contributed by atoms with Crippen LogP contribution in [-0.4, -0.2) is 23.4 Å². The lowest BCUT2D eigenvalue weighted by Crippen LogP contribution is -2.25. The standard InChI is InChI=1S/C14H14N2O2S2/c1-15-7-8-2-3-9-5-10(19-11(9)4-8)6-12-13(17)16-14(18)20-12/h2-5,12,15H,6-7H2,1H3,(H,16,17,18). The Bertz CT molecular complexity index is 681. The summed E-state index contributed by atoms with van der Waals surface area (Å²) in [6.07, 6.45) is 0.614. The third-order valence-electron chi connectivity index (χ3n) is 3.17. The summed E-state index contributed by atoms with van der Waals surface area (Å²) in [4.78, 5) is 23.9. The molecule has 1 atom stereocenters. The molecule has 20 heavy (non-hydrogen) atoms. The van der Waals surface area contributed by atoms with Crippen LogP contribution < -0.4 is 10.6 Å². The molecule has 1 fully saturated rings. The van der Waals surface area contributed by atoms with E-state index in [-0.39, 0.29) is 16.4 Å². The van der Waals surface area contributed by atoms with E-state index in [2.05, 4.69) is 34.9 Å². The first-order chi connectivity index (χ1) is 9.65. The number of rotatable bonds is 4. The highest BCUT2D eigenvalue weighted by molar-refractivity contribution is 8.15. The molecule has 1 aromatic carbocycles. The molecule has 0 saturated carbocycles. The smallest absolute Gasteiger partial charge is 0.286 e. The fourth-order valence-electron chi connectivity index (χ4n) is 2.26. The Morgan fingerprint density at radius 2 is 2.15 bits per heavy atom. The van der Waals surface area contributed by atoms with E-state index in [1.165, 1.54) is 15.6 Å². The van der Waals surface area contributed by atoms with Crippen LogP contribution in [0.2, 0.25) is 0 Å². The first-order valence-electron chi connectivity index (χ1n) is 6.33. The van der Waals surface area contributed by atoms with Gasteiger partial charge < -0.3 is 5.32 Å². The second-order valence-electron chi connectivity index (χ2n) is 4.70. The zero-order chi connectivity index (χ0) is 14.1. The molecule has 1 aliphatic rings. The molecule has 1 aliphatic heterocycles. The molecule has 0 aliphatic carbocycles. The number of carbonyl (C=O) groups is 2. The van der Waals surface area contributed by atoms with Gasteiger partial charge in [-0.15, -0.1) is 11.3 Å². The van der Waals surface area contributed by atoms with Gasteiger partial charge in [0.05, 0.1) is 5.25 Å². The van der Waals surface area contributed by atoms with Gasteiger partial charge in [0.25, 0.3) is 5.24 Å². The summed E-state index contributed by atoms with van der Waals surface area (Å²) in [5, 5.41) is 6.13. The highest BCUT2D eigenvalue weighted by Gasteiger charge is 2.31. The lowest BCUT2D eigenvalue weighted by molar-refractivity contribution is -0.118. The van der Waals surface area contributed by atoms with Gasteiger partial charge >= 0.3 is 0 Å². The number of thioether (sulfide) groups is 1. The fraction of sp³-hybridized carbons (Fsp3) is 0.286. The molecule has 2 aromatic rings. The number of benzene rings is 1. The molecule has 1 unspecified atom stereocenters. The Labute approximate surface area is 124 Å². The number of thiophene rings is 1. The van der Waals surface area contributed by atoms with Crippen molar-refractivity contribution in [1.82, 2.24) is 10.6 Å². The van der Waals surface area contributed by atoms with Gasteiger partial charge in [0.15, 0.2) is 0 Å². The van der Waals surface area contributed by atoms with Gasteiger partial charge in [0.1, 0.15) is 0 Å². The maximum atomic E-state index is 11.6. The van der Waals surface area contributed by atoms with Crippen LogP contribution in [0.5, 0.6) is 0 Å². The van der Waals surface area contributed by atoms with Crippen molar-refractivity contribution in [2.24, 2.45) is 0 Å². The van der Waals surface area contributed by atoms with Crippen LogP contribution in [0, 0.1) is 0 Å². The first-order valence-corrected chi connectivity index (χ1v) is 8.03. The normalized spacial score (nSPS) is 18.8. The van der Waals surface area contributed by atoms with Crippen molar-refractivity contribution in [3.05, 3.63) is 34.7 Å². The van der Waals surface area contributed by atoms with E-state index in [0.29, 0.717) is 6.42 Å². The van der Waals surface area contributed by atoms with E-state index >= 15 is 0 Å². The number of imide groups is 1. The molecule has 2 heterocycles. The summed E-state index contributed by atoms with van der Waals surface area (Å²) in [5.41, 5.74) is 1.25. The van der Waals surface area contributed by atoms with E-state index in [0.717, 1.165) is 23.2 Å². The summed E-state index contributed by atoms with van der Waals surface area (Å²) in [7, 11) is 1.93. The highest BCUT2D eigenvalue weighted by atomic mass is 32.2. The molecular weight excluding hydrogens is 292 g/mol. The molecular formula is C14H14N2O2S2. The minimum Gasteiger partial charge on any atom is -0.316 e. The molecule has 0 radical (unpaired) electrons. The Kier molecular flexibility index (Phi) is 3.78. The molecule has 104 valence electrons. The van der Waals surface area contributed by atoms with Crippen LogP contribution in [0.4, 0.5) is 4.79 Å². The van der Waals surface area contributed by atoms with Gasteiger partial charge in [-0.3, -0.25) is 14.9 Å². The van der Waals surface area contributed by atoms with Crippen molar-refractivity contribution in [1.29, 1.82) is 0 Å².